The Hall–Kier alpha value is -2.41. The predicted octanol–water partition coefficient (Wildman–Crippen LogP) is 1.05. The lowest BCUT2D eigenvalue weighted by atomic mass is 10.1. The monoisotopic (exact) mass is 303 g/mol. The number of amides is 1. The summed E-state index contributed by atoms with van der Waals surface area (Å²) in [6.07, 6.45) is 2.52. The van der Waals surface area contributed by atoms with Crippen molar-refractivity contribution in [3.8, 4) is 0 Å². The Labute approximate surface area is 128 Å². The number of nitrogens with two attached hydrogens (primary N) is 1. The van der Waals surface area contributed by atoms with Gasteiger partial charge in [-0.05, 0) is 24.2 Å². The zero-order valence-corrected chi connectivity index (χ0v) is 12.5. The minimum absolute atomic E-state index is 0.171. The van der Waals surface area contributed by atoms with Crippen LogP contribution in [0.2, 0.25) is 0 Å². The highest BCUT2D eigenvalue weighted by molar-refractivity contribution is 7.80. The van der Waals surface area contributed by atoms with E-state index in [1.807, 2.05) is 18.2 Å². The molecule has 0 fully saturated rings. The second-order valence-electron chi connectivity index (χ2n) is 4.55. The number of hydrogen-bond acceptors (Lipinski definition) is 3. The normalized spacial score (nSPS) is 10.1. The highest BCUT2D eigenvalue weighted by Crippen LogP contribution is 2.12. The summed E-state index contributed by atoms with van der Waals surface area (Å²) in [6.45, 7) is 0.696. The van der Waals surface area contributed by atoms with Gasteiger partial charge >= 0.3 is 0 Å². The number of nitrogens with one attached hydrogen (secondary N) is 2. The van der Waals surface area contributed by atoms with Crippen molar-refractivity contribution < 1.29 is 4.79 Å². The van der Waals surface area contributed by atoms with Crippen molar-refractivity contribution in [2.24, 2.45) is 12.8 Å². The van der Waals surface area contributed by atoms with Crippen LogP contribution in [0, 0.1) is 0 Å². The van der Waals surface area contributed by atoms with Crippen molar-refractivity contribution in [1.29, 1.82) is 0 Å². The molecule has 0 saturated heterocycles. The van der Waals surface area contributed by atoms with E-state index in [1.54, 1.807) is 13.2 Å². The van der Waals surface area contributed by atoms with Crippen molar-refractivity contribution in [1.82, 2.24) is 15.1 Å². The minimum atomic E-state index is -0.592. The molecule has 1 amide bonds. The van der Waals surface area contributed by atoms with Gasteiger partial charge in [0.25, 0.3) is 5.91 Å². The molecule has 7 heteroatoms. The molecule has 110 valence electrons. The van der Waals surface area contributed by atoms with Crippen LogP contribution in [0.5, 0.6) is 0 Å². The Kier molecular flexibility index (Phi) is 4.89. The molecular formula is C14H17N5OS. The van der Waals surface area contributed by atoms with Crippen molar-refractivity contribution in [2.45, 2.75) is 6.42 Å². The van der Waals surface area contributed by atoms with E-state index in [4.69, 9.17) is 18.0 Å². The average Bonchev–Trinajstić information content (AvgIpc) is 2.81. The first-order valence-electron chi connectivity index (χ1n) is 6.48. The average molecular weight is 303 g/mol. The number of hydrogen-bond donors (Lipinski definition) is 3. The Balaban J connectivity index is 1.86. The van der Waals surface area contributed by atoms with Gasteiger partial charge in [0.2, 0.25) is 0 Å². The van der Waals surface area contributed by atoms with Crippen molar-refractivity contribution >= 4 is 28.9 Å². The third-order valence-electron chi connectivity index (χ3n) is 2.85. The number of carbonyl (C=O) groups excluding carboxylic acids is 1. The number of anilines is 1. The second-order valence-corrected chi connectivity index (χ2v) is 4.95. The fourth-order valence-corrected chi connectivity index (χ4v) is 2.11. The molecule has 0 saturated carbocycles. The van der Waals surface area contributed by atoms with Gasteiger partial charge in [0.15, 0.2) is 10.8 Å². The quantitative estimate of drug-likeness (QED) is 0.719. The molecular weight excluding hydrogens is 286 g/mol. The fourth-order valence-electron chi connectivity index (χ4n) is 1.89. The smallest absolute Gasteiger partial charge is 0.271 e. The summed E-state index contributed by atoms with van der Waals surface area (Å²) in [5, 5.41) is 10.4. The van der Waals surface area contributed by atoms with Crippen molar-refractivity contribution in [3.63, 3.8) is 0 Å². The molecule has 0 unspecified atom stereocenters. The highest BCUT2D eigenvalue weighted by atomic mass is 32.1. The van der Waals surface area contributed by atoms with Crippen LogP contribution >= 0.6 is 12.2 Å². The number of aromatic nitrogens is 2. The topological polar surface area (TPSA) is 85.0 Å². The molecule has 0 atom stereocenters. The third kappa shape index (κ3) is 4.28. The number of benzene rings is 1. The zero-order valence-electron chi connectivity index (χ0n) is 11.7. The first-order chi connectivity index (χ1) is 10.1. The van der Waals surface area contributed by atoms with Gasteiger partial charge in [-0.1, -0.05) is 30.3 Å². The number of primary amides is 1. The molecule has 21 heavy (non-hydrogen) atoms. The SMILES string of the molecule is Cn1cc(NC(=S)NCCc2ccccc2)c(C(N)=O)n1. The maximum absolute atomic E-state index is 11.3. The number of aryl methyl sites for hydroxylation is 1. The van der Waals surface area contributed by atoms with Gasteiger partial charge in [-0.15, -0.1) is 0 Å². The summed E-state index contributed by atoms with van der Waals surface area (Å²) < 4.78 is 1.51. The van der Waals surface area contributed by atoms with Crippen LogP contribution in [-0.2, 0) is 13.5 Å². The van der Waals surface area contributed by atoms with E-state index in [9.17, 15) is 4.79 Å². The summed E-state index contributed by atoms with van der Waals surface area (Å²) in [5.74, 6) is -0.592. The van der Waals surface area contributed by atoms with Crippen LogP contribution in [0.25, 0.3) is 0 Å². The molecule has 1 heterocycles. The van der Waals surface area contributed by atoms with Crippen LogP contribution in [0.1, 0.15) is 16.1 Å². The lowest BCUT2D eigenvalue weighted by Gasteiger charge is -2.09. The summed E-state index contributed by atoms with van der Waals surface area (Å²) in [4.78, 5) is 11.3. The Bertz CT molecular complexity index is 638. The minimum Gasteiger partial charge on any atom is -0.364 e. The number of rotatable bonds is 5. The van der Waals surface area contributed by atoms with Crippen LogP contribution in [0.3, 0.4) is 0 Å². The summed E-state index contributed by atoms with van der Waals surface area (Å²) in [7, 11) is 1.71. The molecule has 2 rings (SSSR count). The van der Waals surface area contributed by atoms with E-state index >= 15 is 0 Å². The number of nitrogens with zero attached hydrogens (tertiary/aromatic N) is 2. The van der Waals surface area contributed by atoms with Crippen LogP contribution in [0.15, 0.2) is 36.5 Å². The largest absolute Gasteiger partial charge is 0.364 e. The van der Waals surface area contributed by atoms with E-state index in [0.29, 0.717) is 17.3 Å². The maximum atomic E-state index is 11.3. The lowest BCUT2D eigenvalue weighted by molar-refractivity contribution is 0.0995. The molecule has 4 N–H and O–H groups in total. The second kappa shape index (κ2) is 6.85. The van der Waals surface area contributed by atoms with Crippen molar-refractivity contribution in [2.75, 3.05) is 11.9 Å². The van der Waals surface area contributed by atoms with Gasteiger partial charge in [-0.3, -0.25) is 9.48 Å². The van der Waals surface area contributed by atoms with Gasteiger partial charge < -0.3 is 16.4 Å². The molecule has 0 bridgehead atoms. The Morgan fingerprint density at radius 3 is 2.76 bits per heavy atom. The highest BCUT2D eigenvalue weighted by Gasteiger charge is 2.13. The standard InChI is InChI=1S/C14H17N5OS/c1-19-9-11(12(18-19)13(15)20)17-14(21)16-8-7-10-5-3-2-4-6-10/h2-6,9H,7-8H2,1H3,(H2,15,20)(H2,16,17,21). The van der Waals surface area contributed by atoms with Gasteiger partial charge in [0.05, 0.1) is 5.69 Å². The molecule has 0 aliphatic carbocycles. The Morgan fingerprint density at radius 2 is 2.10 bits per heavy atom. The third-order valence-corrected chi connectivity index (χ3v) is 3.10. The van der Waals surface area contributed by atoms with Crippen LogP contribution in [0.4, 0.5) is 5.69 Å². The lowest BCUT2D eigenvalue weighted by Crippen LogP contribution is -2.30. The molecule has 0 aliphatic rings. The summed E-state index contributed by atoms with van der Waals surface area (Å²) >= 11 is 5.20. The first kappa shape index (κ1) is 15.0. The van der Waals surface area contributed by atoms with E-state index < -0.39 is 5.91 Å². The van der Waals surface area contributed by atoms with Crippen LogP contribution < -0.4 is 16.4 Å². The summed E-state index contributed by atoms with van der Waals surface area (Å²) in [6, 6.07) is 10.1. The Morgan fingerprint density at radius 1 is 1.38 bits per heavy atom. The van der Waals surface area contributed by atoms with E-state index in [2.05, 4.69) is 27.9 Å². The number of carbonyl (C=O) groups is 1. The maximum Gasteiger partial charge on any atom is 0.271 e. The van der Waals surface area contributed by atoms with Crippen molar-refractivity contribution in [3.05, 3.63) is 47.8 Å². The van der Waals surface area contributed by atoms with Gasteiger partial charge in [-0.2, -0.15) is 5.10 Å². The van der Waals surface area contributed by atoms with E-state index in [1.165, 1.54) is 10.2 Å². The molecule has 6 nitrogen and oxygen atoms in total. The molecule has 1 aromatic carbocycles. The number of thiocarbonyl (C=S) groups is 1. The summed E-state index contributed by atoms with van der Waals surface area (Å²) in [5.41, 5.74) is 7.16. The molecule has 1 aromatic heterocycles. The van der Waals surface area contributed by atoms with Gasteiger partial charge in [0.1, 0.15) is 0 Å². The van der Waals surface area contributed by atoms with Gasteiger partial charge in [0, 0.05) is 19.8 Å². The fraction of sp³-hybridized carbons (Fsp3) is 0.214. The first-order valence-corrected chi connectivity index (χ1v) is 6.89. The molecule has 0 spiro atoms. The van der Waals surface area contributed by atoms with E-state index in [0.717, 1.165) is 6.42 Å². The van der Waals surface area contributed by atoms with Gasteiger partial charge in [-0.25, -0.2) is 0 Å². The molecule has 0 radical (unpaired) electrons. The van der Waals surface area contributed by atoms with E-state index in [-0.39, 0.29) is 5.69 Å². The zero-order chi connectivity index (χ0) is 15.2. The predicted molar refractivity (Wildman–Crippen MR) is 86.1 cm³/mol. The molecule has 2 aromatic rings. The molecule has 0 aliphatic heterocycles. The van der Waals surface area contributed by atoms with Crippen LogP contribution in [-0.4, -0.2) is 27.3 Å².